The molecule has 5 heteroatoms. The molecule has 2 aromatic rings. The van der Waals surface area contributed by atoms with Crippen molar-refractivity contribution in [3.05, 3.63) is 64.1 Å². The Labute approximate surface area is 150 Å². The molecule has 1 saturated heterocycles. The third-order valence-electron chi connectivity index (χ3n) is 4.14. The number of anilines is 1. The first-order chi connectivity index (χ1) is 11.6. The number of rotatable bonds is 3. The van der Waals surface area contributed by atoms with E-state index >= 15 is 0 Å². The number of nitrogens with zero attached hydrogens (tertiary/aromatic N) is 1. The maximum absolute atomic E-state index is 12.6. The number of amides is 2. The number of likely N-dealkylation sites (tertiary alicyclic amines) is 1. The van der Waals surface area contributed by atoms with Gasteiger partial charge in [-0.2, -0.15) is 0 Å². The predicted octanol–water partition coefficient (Wildman–Crippen LogP) is 4.33. The van der Waals surface area contributed by atoms with Gasteiger partial charge in [-0.3, -0.25) is 9.59 Å². The van der Waals surface area contributed by atoms with Gasteiger partial charge in [0.05, 0.1) is 5.69 Å². The molecule has 24 heavy (non-hydrogen) atoms. The summed E-state index contributed by atoms with van der Waals surface area (Å²) in [7, 11) is 0. The van der Waals surface area contributed by atoms with E-state index in [1.54, 1.807) is 24.3 Å². The number of carbonyl (C=O) groups is 2. The van der Waals surface area contributed by atoms with Gasteiger partial charge in [0.2, 0.25) is 0 Å². The molecular formula is C19H19BrN2O2. The van der Waals surface area contributed by atoms with Gasteiger partial charge in [0.25, 0.3) is 11.8 Å². The SMILES string of the molecule is O=C(Nc1ccccc1Br)c1cccc(C(=O)N2CCCCC2)c1. The largest absolute Gasteiger partial charge is 0.339 e. The van der Waals surface area contributed by atoms with Gasteiger partial charge in [0.1, 0.15) is 0 Å². The highest BCUT2D eigenvalue weighted by Gasteiger charge is 2.19. The minimum atomic E-state index is -0.227. The molecule has 1 heterocycles. The molecule has 0 spiro atoms. The lowest BCUT2D eigenvalue weighted by molar-refractivity contribution is 0.0724. The number of piperidine rings is 1. The van der Waals surface area contributed by atoms with E-state index in [1.807, 2.05) is 29.2 Å². The van der Waals surface area contributed by atoms with E-state index in [0.29, 0.717) is 16.8 Å². The fourth-order valence-electron chi connectivity index (χ4n) is 2.83. The van der Waals surface area contributed by atoms with Crippen LogP contribution in [0.4, 0.5) is 5.69 Å². The molecule has 0 aromatic heterocycles. The minimum absolute atomic E-state index is 0.00485. The lowest BCUT2D eigenvalue weighted by Crippen LogP contribution is -2.35. The molecule has 124 valence electrons. The Morgan fingerprint density at radius 3 is 2.38 bits per heavy atom. The van der Waals surface area contributed by atoms with Crippen LogP contribution in [0.3, 0.4) is 0 Å². The van der Waals surface area contributed by atoms with Gasteiger partial charge in [-0.15, -0.1) is 0 Å². The van der Waals surface area contributed by atoms with Crippen molar-refractivity contribution in [3.8, 4) is 0 Å². The normalized spacial score (nSPS) is 14.3. The second-order valence-corrected chi connectivity index (χ2v) is 6.72. The van der Waals surface area contributed by atoms with E-state index in [4.69, 9.17) is 0 Å². The molecule has 2 amide bonds. The summed E-state index contributed by atoms with van der Waals surface area (Å²) >= 11 is 3.41. The third-order valence-corrected chi connectivity index (χ3v) is 4.83. The predicted molar refractivity (Wildman–Crippen MR) is 98.3 cm³/mol. The summed E-state index contributed by atoms with van der Waals surface area (Å²) in [6.45, 7) is 1.60. The molecule has 0 unspecified atom stereocenters. The quantitative estimate of drug-likeness (QED) is 0.853. The van der Waals surface area contributed by atoms with Crippen LogP contribution in [-0.4, -0.2) is 29.8 Å². The second kappa shape index (κ2) is 7.62. The summed E-state index contributed by atoms with van der Waals surface area (Å²) < 4.78 is 0.818. The highest BCUT2D eigenvalue weighted by molar-refractivity contribution is 9.10. The molecule has 2 aromatic carbocycles. The van der Waals surface area contributed by atoms with Gasteiger partial charge >= 0.3 is 0 Å². The zero-order valence-electron chi connectivity index (χ0n) is 13.3. The Balaban J connectivity index is 1.76. The summed E-state index contributed by atoms with van der Waals surface area (Å²) in [6.07, 6.45) is 3.28. The molecule has 1 N–H and O–H groups in total. The van der Waals surface area contributed by atoms with Gasteiger partial charge in [-0.25, -0.2) is 0 Å². The Bertz CT molecular complexity index is 755. The van der Waals surface area contributed by atoms with Crippen LogP contribution in [0.5, 0.6) is 0 Å². The molecule has 1 aliphatic heterocycles. The number of benzene rings is 2. The number of para-hydroxylation sites is 1. The fraction of sp³-hybridized carbons (Fsp3) is 0.263. The van der Waals surface area contributed by atoms with Crippen molar-refractivity contribution in [2.75, 3.05) is 18.4 Å². The van der Waals surface area contributed by atoms with E-state index in [0.717, 1.165) is 30.4 Å². The molecule has 0 saturated carbocycles. The van der Waals surface area contributed by atoms with Crippen molar-refractivity contribution >= 4 is 33.4 Å². The van der Waals surface area contributed by atoms with Crippen LogP contribution in [0.25, 0.3) is 0 Å². The van der Waals surface area contributed by atoms with Crippen molar-refractivity contribution in [2.45, 2.75) is 19.3 Å². The number of nitrogens with one attached hydrogen (secondary N) is 1. The van der Waals surface area contributed by atoms with Gasteiger partial charge in [0, 0.05) is 28.7 Å². The Hall–Kier alpha value is -2.14. The van der Waals surface area contributed by atoms with Gasteiger partial charge in [-0.05, 0) is 65.5 Å². The first-order valence-corrected chi connectivity index (χ1v) is 8.90. The van der Waals surface area contributed by atoms with Crippen molar-refractivity contribution in [1.29, 1.82) is 0 Å². The number of hydrogen-bond acceptors (Lipinski definition) is 2. The van der Waals surface area contributed by atoms with Crippen LogP contribution in [0, 0.1) is 0 Å². The third kappa shape index (κ3) is 3.85. The molecular weight excluding hydrogens is 368 g/mol. The first kappa shape index (κ1) is 16.7. The molecule has 0 radical (unpaired) electrons. The van der Waals surface area contributed by atoms with E-state index in [-0.39, 0.29) is 11.8 Å². The van der Waals surface area contributed by atoms with Gasteiger partial charge in [-0.1, -0.05) is 18.2 Å². The van der Waals surface area contributed by atoms with Crippen molar-refractivity contribution in [1.82, 2.24) is 4.90 Å². The first-order valence-electron chi connectivity index (χ1n) is 8.10. The standard InChI is InChI=1S/C19H19BrN2O2/c20-16-9-2-3-10-17(16)21-18(23)14-7-6-8-15(13-14)19(24)22-11-4-1-5-12-22/h2-3,6-10,13H,1,4-5,11-12H2,(H,21,23). The molecule has 0 bridgehead atoms. The summed E-state index contributed by atoms with van der Waals surface area (Å²) in [6, 6.07) is 14.4. The highest BCUT2D eigenvalue weighted by atomic mass is 79.9. The summed E-state index contributed by atoms with van der Waals surface area (Å²) in [5.74, 6) is -0.222. The lowest BCUT2D eigenvalue weighted by atomic mass is 10.1. The highest BCUT2D eigenvalue weighted by Crippen LogP contribution is 2.22. The summed E-state index contributed by atoms with van der Waals surface area (Å²) in [5.41, 5.74) is 1.75. The topological polar surface area (TPSA) is 49.4 Å². The van der Waals surface area contributed by atoms with Crippen molar-refractivity contribution in [3.63, 3.8) is 0 Å². The second-order valence-electron chi connectivity index (χ2n) is 5.87. The molecule has 0 aliphatic carbocycles. The van der Waals surface area contributed by atoms with Crippen LogP contribution in [0.1, 0.15) is 40.0 Å². The average Bonchev–Trinajstić information content (AvgIpc) is 2.64. The Kier molecular flexibility index (Phi) is 5.30. The summed E-state index contributed by atoms with van der Waals surface area (Å²) in [5, 5.41) is 2.86. The van der Waals surface area contributed by atoms with Gasteiger partial charge in [0.15, 0.2) is 0 Å². The van der Waals surface area contributed by atoms with E-state index in [9.17, 15) is 9.59 Å². The molecule has 1 fully saturated rings. The molecule has 1 aliphatic rings. The average molecular weight is 387 g/mol. The number of hydrogen-bond donors (Lipinski definition) is 1. The fourth-order valence-corrected chi connectivity index (χ4v) is 3.21. The van der Waals surface area contributed by atoms with Crippen LogP contribution in [0.15, 0.2) is 53.0 Å². The molecule has 3 rings (SSSR count). The van der Waals surface area contributed by atoms with Crippen molar-refractivity contribution < 1.29 is 9.59 Å². The minimum Gasteiger partial charge on any atom is -0.339 e. The Morgan fingerprint density at radius 2 is 1.62 bits per heavy atom. The number of halogens is 1. The van der Waals surface area contributed by atoms with E-state index in [1.165, 1.54) is 6.42 Å². The van der Waals surface area contributed by atoms with Crippen molar-refractivity contribution in [2.24, 2.45) is 0 Å². The van der Waals surface area contributed by atoms with E-state index < -0.39 is 0 Å². The summed E-state index contributed by atoms with van der Waals surface area (Å²) in [4.78, 5) is 26.9. The monoisotopic (exact) mass is 386 g/mol. The Morgan fingerprint density at radius 1 is 0.917 bits per heavy atom. The number of carbonyl (C=O) groups excluding carboxylic acids is 2. The maximum atomic E-state index is 12.6. The van der Waals surface area contributed by atoms with Crippen LogP contribution < -0.4 is 5.32 Å². The van der Waals surface area contributed by atoms with Gasteiger partial charge < -0.3 is 10.2 Å². The molecule has 4 nitrogen and oxygen atoms in total. The lowest BCUT2D eigenvalue weighted by Gasteiger charge is -2.26. The zero-order chi connectivity index (χ0) is 16.9. The van der Waals surface area contributed by atoms with Crippen LogP contribution >= 0.6 is 15.9 Å². The van der Waals surface area contributed by atoms with E-state index in [2.05, 4.69) is 21.2 Å². The molecule has 0 atom stereocenters. The smallest absolute Gasteiger partial charge is 0.255 e. The van der Waals surface area contributed by atoms with Crippen LogP contribution in [-0.2, 0) is 0 Å². The maximum Gasteiger partial charge on any atom is 0.255 e. The van der Waals surface area contributed by atoms with Crippen LogP contribution in [0.2, 0.25) is 0 Å². The zero-order valence-corrected chi connectivity index (χ0v) is 14.9.